The van der Waals surface area contributed by atoms with Crippen LogP contribution in [0.1, 0.15) is 16.2 Å². The third-order valence-electron chi connectivity index (χ3n) is 4.73. The van der Waals surface area contributed by atoms with E-state index in [1.807, 2.05) is 47.8 Å². The maximum Gasteiger partial charge on any atom is 0.291 e. The standard InChI is InChI=1S/C23H22N4O4S/c1-29-17-12-15(13-18(30-2)20(17)31-3)14-24-23(28)21-25-22(19-10-7-11-32-19)27(26-21)16-8-5-4-6-9-16/h4-13H,14H2,1-3H3,(H,24,28). The monoisotopic (exact) mass is 450 g/mol. The molecule has 164 valence electrons. The van der Waals surface area contributed by atoms with Crippen LogP contribution in [0.15, 0.2) is 60.0 Å². The van der Waals surface area contributed by atoms with Crippen LogP contribution in [0.4, 0.5) is 0 Å². The lowest BCUT2D eigenvalue weighted by atomic mass is 10.1. The van der Waals surface area contributed by atoms with Crippen LogP contribution in [0.3, 0.4) is 0 Å². The average Bonchev–Trinajstić information content (AvgIpc) is 3.52. The predicted octanol–water partition coefficient (Wildman–Crippen LogP) is 3.95. The normalized spacial score (nSPS) is 10.6. The fraction of sp³-hybridized carbons (Fsp3) is 0.174. The van der Waals surface area contributed by atoms with E-state index in [0.29, 0.717) is 23.1 Å². The van der Waals surface area contributed by atoms with Gasteiger partial charge >= 0.3 is 0 Å². The van der Waals surface area contributed by atoms with Crippen molar-refractivity contribution in [1.82, 2.24) is 20.1 Å². The molecule has 4 aromatic rings. The quantitative estimate of drug-likeness (QED) is 0.437. The van der Waals surface area contributed by atoms with Crippen LogP contribution in [-0.2, 0) is 6.54 Å². The van der Waals surface area contributed by atoms with Gasteiger partial charge in [0.15, 0.2) is 17.3 Å². The highest BCUT2D eigenvalue weighted by Gasteiger charge is 2.20. The molecule has 0 aliphatic carbocycles. The van der Waals surface area contributed by atoms with Gasteiger partial charge in [0.1, 0.15) is 0 Å². The van der Waals surface area contributed by atoms with Gasteiger partial charge in [-0.15, -0.1) is 16.4 Å². The second-order valence-electron chi connectivity index (χ2n) is 6.70. The zero-order chi connectivity index (χ0) is 22.5. The molecule has 0 saturated carbocycles. The van der Waals surface area contributed by atoms with Gasteiger partial charge < -0.3 is 19.5 Å². The minimum absolute atomic E-state index is 0.0877. The van der Waals surface area contributed by atoms with E-state index in [1.165, 1.54) is 11.3 Å². The molecule has 9 heteroatoms. The second-order valence-corrected chi connectivity index (χ2v) is 7.65. The Labute approximate surface area is 189 Å². The summed E-state index contributed by atoms with van der Waals surface area (Å²) in [5.74, 6) is 1.85. The summed E-state index contributed by atoms with van der Waals surface area (Å²) in [4.78, 5) is 18.3. The van der Waals surface area contributed by atoms with Gasteiger partial charge in [0.05, 0.1) is 31.9 Å². The van der Waals surface area contributed by atoms with Crippen LogP contribution in [0.2, 0.25) is 0 Å². The van der Waals surface area contributed by atoms with E-state index in [4.69, 9.17) is 14.2 Å². The number of hydrogen-bond acceptors (Lipinski definition) is 7. The Morgan fingerprint density at radius 1 is 1.00 bits per heavy atom. The Morgan fingerprint density at radius 2 is 1.72 bits per heavy atom. The van der Waals surface area contributed by atoms with E-state index >= 15 is 0 Å². The lowest BCUT2D eigenvalue weighted by Gasteiger charge is -2.14. The van der Waals surface area contributed by atoms with Crippen molar-refractivity contribution in [3.05, 3.63) is 71.4 Å². The second kappa shape index (κ2) is 9.52. The Morgan fingerprint density at radius 3 is 2.31 bits per heavy atom. The van der Waals surface area contributed by atoms with Gasteiger partial charge in [0, 0.05) is 6.54 Å². The van der Waals surface area contributed by atoms with Crippen LogP contribution >= 0.6 is 11.3 Å². The van der Waals surface area contributed by atoms with Crippen molar-refractivity contribution in [2.45, 2.75) is 6.54 Å². The first-order valence-corrected chi connectivity index (χ1v) is 10.7. The molecule has 0 spiro atoms. The topological polar surface area (TPSA) is 87.5 Å². The SMILES string of the molecule is COc1cc(CNC(=O)c2nc(-c3cccs3)n(-c3ccccc3)n2)cc(OC)c1OC. The number of hydrogen-bond donors (Lipinski definition) is 1. The van der Waals surface area contributed by atoms with Crippen molar-refractivity contribution in [1.29, 1.82) is 0 Å². The predicted molar refractivity (Wildman–Crippen MR) is 122 cm³/mol. The molecule has 0 aliphatic heterocycles. The zero-order valence-electron chi connectivity index (χ0n) is 17.9. The molecule has 2 aromatic carbocycles. The van der Waals surface area contributed by atoms with Gasteiger partial charge in [-0.25, -0.2) is 9.67 Å². The number of amides is 1. The zero-order valence-corrected chi connectivity index (χ0v) is 18.7. The van der Waals surface area contributed by atoms with Crippen LogP contribution in [-0.4, -0.2) is 42.0 Å². The summed E-state index contributed by atoms with van der Waals surface area (Å²) in [6.45, 7) is 0.240. The summed E-state index contributed by atoms with van der Waals surface area (Å²) in [6, 6.07) is 17.1. The van der Waals surface area contributed by atoms with E-state index in [-0.39, 0.29) is 18.3 Å². The molecule has 4 rings (SSSR count). The Kier molecular flexibility index (Phi) is 6.37. The molecule has 0 atom stereocenters. The third kappa shape index (κ3) is 4.28. The molecule has 0 fully saturated rings. The molecule has 2 heterocycles. The maximum absolute atomic E-state index is 12.9. The van der Waals surface area contributed by atoms with E-state index in [9.17, 15) is 4.79 Å². The number of methoxy groups -OCH3 is 3. The summed E-state index contributed by atoms with van der Waals surface area (Å²) >= 11 is 1.54. The number of benzene rings is 2. The summed E-state index contributed by atoms with van der Waals surface area (Å²) in [5, 5.41) is 9.30. The molecule has 32 heavy (non-hydrogen) atoms. The number of nitrogens with zero attached hydrogens (tertiary/aromatic N) is 3. The first-order chi connectivity index (χ1) is 15.6. The van der Waals surface area contributed by atoms with Crippen molar-refractivity contribution in [2.75, 3.05) is 21.3 Å². The Bertz CT molecular complexity index is 1180. The van der Waals surface area contributed by atoms with Gasteiger partial charge in [0.25, 0.3) is 5.91 Å². The fourth-order valence-electron chi connectivity index (χ4n) is 3.22. The molecular weight excluding hydrogens is 428 g/mol. The highest BCUT2D eigenvalue weighted by atomic mass is 32.1. The summed E-state index contributed by atoms with van der Waals surface area (Å²) in [5.41, 5.74) is 1.61. The molecule has 8 nitrogen and oxygen atoms in total. The number of nitrogens with one attached hydrogen (secondary N) is 1. The first-order valence-electron chi connectivity index (χ1n) is 9.78. The molecule has 0 saturated heterocycles. The van der Waals surface area contributed by atoms with Crippen LogP contribution in [0.5, 0.6) is 17.2 Å². The molecule has 0 aliphatic rings. The van der Waals surface area contributed by atoms with Crippen molar-refractivity contribution in [2.24, 2.45) is 0 Å². The maximum atomic E-state index is 12.9. The van der Waals surface area contributed by atoms with Crippen molar-refractivity contribution in [3.8, 4) is 33.6 Å². The number of carbonyl (C=O) groups excluding carboxylic acids is 1. The largest absolute Gasteiger partial charge is 0.493 e. The highest BCUT2D eigenvalue weighted by molar-refractivity contribution is 7.13. The number of aromatic nitrogens is 3. The van der Waals surface area contributed by atoms with Crippen molar-refractivity contribution in [3.63, 3.8) is 0 Å². The lowest BCUT2D eigenvalue weighted by molar-refractivity contribution is 0.0940. The summed E-state index contributed by atoms with van der Waals surface area (Å²) in [6.07, 6.45) is 0. The van der Waals surface area contributed by atoms with E-state index in [2.05, 4.69) is 15.4 Å². The van der Waals surface area contributed by atoms with Crippen LogP contribution in [0, 0.1) is 0 Å². The third-order valence-corrected chi connectivity index (χ3v) is 5.60. The Hall–Kier alpha value is -3.85. The minimum Gasteiger partial charge on any atom is -0.493 e. The van der Waals surface area contributed by atoms with Crippen molar-refractivity contribution < 1.29 is 19.0 Å². The van der Waals surface area contributed by atoms with Crippen molar-refractivity contribution >= 4 is 17.2 Å². The summed E-state index contributed by atoms with van der Waals surface area (Å²) < 4.78 is 17.8. The molecule has 1 N–H and O–H groups in total. The lowest BCUT2D eigenvalue weighted by Crippen LogP contribution is -2.24. The van der Waals surface area contributed by atoms with Crippen LogP contribution in [0.25, 0.3) is 16.4 Å². The minimum atomic E-state index is -0.383. The van der Waals surface area contributed by atoms with Gasteiger partial charge in [-0.1, -0.05) is 24.3 Å². The van der Waals surface area contributed by atoms with Gasteiger partial charge in [-0.3, -0.25) is 4.79 Å². The fourth-order valence-corrected chi connectivity index (χ4v) is 3.92. The number of thiophene rings is 1. The molecule has 1 amide bonds. The molecule has 0 bridgehead atoms. The number of carbonyl (C=O) groups is 1. The van der Waals surface area contributed by atoms with Crippen LogP contribution < -0.4 is 19.5 Å². The van der Waals surface area contributed by atoms with Gasteiger partial charge in [0.2, 0.25) is 11.6 Å². The summed E-state index contributed by atoms with van der Waals surface area (Å²) in [7, 11) is 4.64. The van der Waals surface area contributed by atoms with Gasteiger partial charge in [-0.2, -0.15) is 0 Å². The highest BCUT2D eigenvalue weighted by Crippen LogP contribution is 2.38. The smallest absolute Gasteiger partial charge is 0.291 e. The van der Waals surface area contributed by atoms with E-state index in [1.54, 1.807) is 38.1 Å². The van der Waals surface area contributed by atoms with Gasteiger partial charge in [-0.05, 0) is 41.3 Å². The molecule has 2 aromatic heterocycles. The first kappa shape index (κ1) is 21.4. The molecular formula is C23H22N4O4S. The Balaban J connectivity index is 1.60. The average molecular weight is 451 g/mol. The molecule has 0 radical (unpaired) electrons. The number of rotatable bonds is 8. The molecule has 0 unspecified atom stereocenters. The number of ether oxygens (including phenoxy) is 3. The number of para-hydroxylation sites is 1. The van der Waals surface area contributed by atoms with E-state index in [0.717, 1.165) is 16.1 Å². The van der Waals surface area contributed by atoms with E-state index < -0.39 is 0 Å².